The zero-order valence-electron chi connectivity index (χ0n) is 14.1. The number of aliphatic imine (C=N–C) groups is 1. The SMILES string of the molecule is CN=C(NCc1ccc(NC(=O)NC(C)C)cc1)NCC1CC1. The van der Waals surface area contributed by atoms with Gasteiger partial charge in [0.25, 0.3) is 0 Å². The van der Waals surface area contributed by atoms with Crippen molar-refractivity contribution in [1.82, 2.24) is 16.0 Å². The summed E-state index contributed by atoms with van der Waals surface area (Å²) in [6, 6.07) is 7.72. The first-order valence-corrected chi connectivity index (χ1v) is 8.18. The number of nitrogens with one attached hydrogen (secondary N) is 4. The minimum absolute atomic E-state index is 0.119. The van der Waals surface area contributed by atoms with Crippen molar-refractivity contribution in [3.8, 4) is 0 Å². The van der Waals surface area contributed by atoms with E-state index in [2.05, 4.69) is 26.3 Å². The van der Waals surface area contributed by atoms with Gasteiger partial charge in [0.15, 0.2) is 5.96 Å². The molecule has 4 N–H and O–H groups in total. The van der Waals surface area contributed by atoms with Crippen LogP contribution in [-0.4, -0.2) is 31.6 Å². The van der Waals surface area contributed by atoms with Crippen molar-refractivity contribution in [2.24, 2.45) is 10.9 Å². The zero-order chi connectivity index (χ0) is 16.7. The third-order valence-electron chi connectivity index (χ3n) is 3.57. The number of rotatable bonds is 6. The van der Waals surface area contributed by atoms with Crippen LogP contribution in [0.25, 0.3) is 0 Å². The van der Waals surface area contributed by atoms with Crippen LogP contribution in [0, 0.1) is 5.92 Å². The Morgan fingerprint density at radius 2 is 1.91 bits per heavy atom. The number of benzene rings is 1. The predicted octanol–water partition coefficient (Wildman–Crippen LogP) is 2.29. The Hall–Kier alpha value is -2.24. The van der Waals surface area contributed by atoms with Crippen LogP contribution in [-0.2, 0) is 6.54 Å². The lowest BCUT2D eigenvalue weighted by Crippen LogP contribution is -2.37. The van der Waals surface area contributed by atoms with Gasteiger partial charge in [0, 0.05) is 31.9 Å². The number of hydrogen-bond acceptors (Lipinski definition) is 2. The maximum absolute atomic E-state index is 11.6. The van der Waals surface area contributed by atoms with Crippen molar-refractivity contribution in [1.29, 1.82) is 0 Å². The summed E-state index contributed by atoms with van der Waals surface area (Å²) in [5.41, 5.74) is 1.91. The van der Waals surface area contributed by atoms with Crippen LogP contribution < -0.4 is 21.3 Å². The Bertz CT molecular complexity index is 534. The molecule has 0 aromatic heterocycles. The largest absolute Gasteiger partial charge is 0.356 e. The van der Waals surface area contributed by atoms with Crippen molar-refractivity contribution >= 4 is 17.7 Å². The molecule has 1 aromatic carbocycles. The smallest absolute Gasteiger partial charge is 0.319 e. The van der Waals surface area contributed by atoms with Crippen molar-refractivity contribution in [2.75, 3.05) is 18.9 Å². The first-order chi connectivity index (χ1) is 11.1. The van der Waals surface area contributed by atoms with Gasteiger partial charge < -0.3 is 21.3 Å². The molecule has 23 heavy (non-hydrogen) atoms. The van der Waals surface area contributed by atoms with E-state index >= 15 is 0 Å². The predicted molar refractivity (Wildman–Crippen MR) is 94.7 cm³/mol. The molecule has 6 heteroatoms. The Morgan fingerprint density at radius 1 is 1.22 bits per heavy atom. The second kappa shape index (κ2) is 8.41. The molecule has 1 aromatic rings. The summed E-state index contributed by atoms with van der Waals surface area (Å²) in [6.07, 6.45) is 2.64. The highest BCUT2D eigenvalue weighted by Gasteiger charge is 2.20. The number of carbonyl (C=O) groups is 1. The standard InChI is InChI=1S/C17H27N5O/c1-12(2)21-17(23)22-15-8-6-14(7-9-15)11-20-16(18-3)19-10-13-4-5-13/h6-9,12-13H,4-5,10-11H2,1-3H3,(H2,18,19,20)(H2,21,22,23). The van der Waals surface area contributed by atoms with E-state index in [-0.39, 0.29) is 12.1 Å². The fourth-order valence-corrected chi connectivity index (χ4v) is 2.10. The molecule has 0 heterocycles. The van der Waals surface area contributed by atoms with Gasteiger partial charge in [0.05, 0.1) is 0 Å². The van der Waals surface area contributed by atoms with Crippen LogP contribution in [0.2, 0.25) is 0 Å². The normalized spacial score (nSPS) is 14.5. The molecule has 2 rings (SSSR count). The molecule has 0 aliphatic heterocycles. The first kappa shape index (κ1) is 17.1. The van der Waals surface area contributed by atoms with Gasteiger partial charge in [-0.1, -0.05) is 12.1 Å². The lowest BCUT2D eigenvalue weighted by atomic mass is 10.2. The van der Waals surface area contributed by atoms with Gasteiger partial charge in [-0.2, -0.15) is 0 Å². The second-order valence-corrected chi connectivity index (χ2v) is 6.20. The minimum Gasteiger partial charge on any atom is -0.356 e. The highest BCUT2D eigenvalue weighted by molar-refractivity contribution is 5.89. The van der Waals surface area contributed by atoms with Gasteiger partial charge >= 0.3 is 6.03 Å². The third kappa shape index (κ3) is 6.59. The monoisotopic (exact) mass is 317 g/mol. The first-order valence-electron chi connectivity index (χ1n) is 8.18. The molecule has 6 nitrogen and oxygen atoms in total. The summed E-state index contributed by atoms with van der Waals surface area (Å²) in [5, 5.41) is 12.2. The summed E-state index contributed by atoms with van der Waals surface area (Å²) in [6.45, 7) is 5.55. The minimum atomic E-state index is -0.185. The molecule has 1 fully saturated rings. The van der Waals surface area contributed by atoms with Crippen LogP contribution in [0.15, 0.2) is 29.3 Å². The Labute approximate surface area is 138 Å². The lowest BCUT2D eigenvalue weighted by molar-refractivity contribution is 0.250. The Balaban J connectivity index is 1.76. The molecular formula is C17H27N5O. The molecule has 0 atom stereocenters. The van der Waals surface area contributed by atoms with Gasteiger partial charge in [-0.3, -0.25) is 4.99 Å². The number of anilines is 1. The number of nitrogens with zero attached hydrogens (tertiary/aromatic N) is 1. The maximum atomic E-state index is 11.6. The van der Waals surface area contributed by atoms with E-state index in [0.717, 1.165) is 29.7 Å². The van der Waals surface area contributed by atoms with E-state index < -0.39 is 0 Å². The molecule has 126 valence electrons. The lowest BCUT2D eigenvalue weighted by Gasteiger charge is -2.12. The molecule has 1 aliphatic rings. The average Bonchev–Trinajstić information content (AvgIpc) is 3.32. The Morgan fingerprint density at radius 3 is 2.48 bits per heavy atom. The summed E-state index contributed by atoms with van der Waals surface area (Å²) in [5.74, 6) is 1.64. The molecule has 0 spiro atoms. The number of urea groups is 1. The topological polar surface area (TPSA) is 77.5 Å². The van der Waals surface area contributed by atoms with E-state index in [1.807, 2.05) is 38.1 Å². The van der Waals surface area contributed by atoms with Crippen molar-refractivity contribution in [2.45, 2.75) is 39.3 Å². The fourth-order valence-electron chi connectivity index (χ4n) is 2.10. The van der Waals surface area contributed by atoms with E-state index in [1.54, 1.807) is 7.05 Å². The number of amides is 2. The van der Waals surface area contributed by atoms with E-state index in [0.29, 0.717) is 6.54 Å². The van der Waals surface area contributed by atoms with Crippen LogP contribution in [0.1, 0.15) is 32.3 Å². The van der Waals surface area contributed by atoms with Gasteiger partial charge in [0.1, 0.15) is 0 Å². The van der Waals surface area contributed by atoms with Crippen molar-refractivity contribution in [3.63, 3.8) is 0 Å². The summed E-state index contributed by atoms with van der Waals surface area (Å²) >= 11 is 0. The third-order valence-corrected chi connectivity index (χ3v) is 3.57. The molecular weight excluding hydrogens is 290 g/mol. The molecule has 1 saturated carbocycles. The molecule has 1 aliphatic carbocycles. The van der Waals surface area contributed by atoms with E-state index in [1.165, 1.54) is 12.8 Å². The fraction of sp³-hybridized carbons (Fsp3) is 0.529. The molecule has 0 saturated heterocycles. The highest BCUT2D eigenvalue weighted by Crippen LogP contribution is 2.27. The van der Waals surface area contributed by atoms with Crippen LogP contribution >= 0.6 is 0 Å². The summed E-state index contributed by atoms with van der Waals surface area (Å²) in [4.78, 5) is 15.9. The summed E-state index contributed by atoms with van der Waals surface area (Å²) < 4.78 is 0. The average molecular weight is 317 g/mol. The molecule has 0 bridgehead atoms. The Kier molecular flexibility index (Phi) is 6.26. The highest BCUT2D eigenvalue weighted by atomic mass is 16.2. The number of hydrogen-bond donors (Lipinski definition) is 4. The van der Waals surface area contributed by atoms with Crippen molar-refractivity contribution < 1.29 is 4.79 Å². The van der Waals surface area contributed by atoms with Gasteiger partial charge in [0.2, 0.25) is 0 Å². The van der Waals surface area contributed by atoms with Crippen LogP contribution in [0.5, 0.6) is 0 Å². The van der Waals surface area contributed by atoms with Gasteiger partial charge in [-0.05, 0) is 50.3 Å². The van der Waals surface area contributed by atoms with Gasteiger partial charge in [-0.15, -0.1) is 0 Å². The van der Waals surface area contributed by atoms with Crippen molar-refractivity contribution in [3.05, 3.63) is 29.8 Å². The maximum Gasteiger partial charge on any atom is 0.319 e. The van der Waals surface area contributed by atoms with Gasteiger partial charge in [-0.25, -0.2) is 4.79 Å². The molecule has 0 unspecified atom stereocenters. The molecule has 0 radical (unpaired) electrons. The second-order valence-electron chi connectivity index (χ2n) is 6.20. The zero-order valence-corrected chi connectivity index (χ0v) is 14.1. The van der Waals surface area contributed by atoms with Crippen LogP contribution in [0.3, 0.4) is 0 Å². The van der Waals surface area contributed by atoms with E-state index in [9.17, 15) is 4.79 Å². The van der Waals surface area contributed by atoms with Crippen LogP contribution in [0.4, 0.5) is 10.5 Å². The van der Waals surface area contributed by atoms with E-state index in [4.69, 9.17) is 0 Å². The number of carbonyl (C=O) groups excluding carboxylic acids is 1. The summed E-state index contributed by atoms with van der Waals surface area (Å²) in [7, 11) is 1.78. The quantitative estimate of drug-likeness (QED) is 0.480. The number of guanidine groups is 1. The molecule has 2 amide bonds.